The van der Waals surface area contributed by atoms with Crippen molar-refractivity contribution in [2.45, 2.75) is 26.3 Å². The molecule has 1 atom stereocenters. The number of nitrogens with one attached hydrogen (secondary N) is 1. The van der Waals surface area contributed by atoms with E-state index in [-0.39, 0.29) is 11.9 Å². The van der Waals surface area contributed by atoms with Crippen LogP contribution in [0.3, 0.4) is 0 Å². The van der Waals surface area contributed by atoms with E-state index < -0.39 is 0 Å². The first-order valence-electron chi connectivity index (χ1n) is 7.96. The van der Waals surface area contributed by atoms with Crippen LogP contribution < -0.4 is 4.74 Å². The minimum absolute atomic E-state index is 0.000614. The van der Waals surface area contributed by atoms with E-state index in [9.17, 15) is 4.79 Å². The van der Waals surface area contributed by atoms with Crippen molar-refractivity contribution in [1.29, 1.82) is 0 Å². The number of nitrogens with zero attached hydrogens (tertiary/aromatic N) is 4. The highest BCUT2D eigenvalue weighted by atomic mass is 16.5. The fourth-order valence-electron chi connectivity index (χ4n) is 2.84. The van der Waals surface area contributed by atoms with E-state index in [1.165, 1.54) is 0 Å². The first-order valence-corrected chi connectivity index (χ1v) is 7.96. The normalized spacial score (nSPS) is 17.8. The van der Waals surface area contributed by atoms with Gasteiger partial charge in [0.25, 0.3) is 0 Å². The maximum atomic E-state index is 12.6. The number of hydrogen-bond acceptors (Lipinski definition) is 6. The van der Waals surface area contributed by atoms with Gasteiger partial charge in [0.05, 0.1) is 26.2 Å². The zero-order valence-electron chi connectivity index (χ0n) is 13.9. The number of benzene rings is 1. The molecule has 0 radical (unpaired) electrons. The summed E-state index contributed by atoms with van der Waals surface area (Å²) in [5.41, 5.74) is 2.14. The highest BCUT2D eigenvalue weighted by Gasteiger charge is 2.31. The Balaban J connectivity index is 1.59. The number of morpholine rings is 1. The minimum Gasteiger partial charge on any atom is -0.493 e. The van der Waals surface area contributed by atoms with Crippen LogP contribution in [0.1, 0.15) is 29.4 Å². The van der Waals surface area contributed by atoms with Crippen molar-refractivity contribution in [3.63, 3.8) is 0 Å². The molecule has 0 unspecified atom stereocenters. The molecule has 1 saturated heterocycles. The van der Waals surface area contributed by atoms with Crippen molar-refractivity contribution in [3.8, 4) is 5.75 Å². The predicted octanol–water partition coefficient (Wildman–Crippen LogP) is 1.19. The van der Waals surface area contributed by atoms with Gasteiger partial charge in [-0.25, -0.2) is 0 Å². The lowest BCUT2D eigenvalue weighted by atomic mass is 10.1. The Bertz CT molecular complexity index is 669. The van der Waals surface area contributed by atoms with Gasteiger partial charge in [-0.05, 0) is 25.0 Å². The van der Waals surface area contributed by atoms with Crippen molar-refractivity contribution in [2.75, 3.05) is 26.4 Å². The third kappa shape index (κ3) is 3.53. The van der Waals surface area contributed by atoms with Crippen LogP contribution in [0.5, 0.6) is 5.75 Å². The Hall–Kier alpha value is -2.48. The Morgan fingerprint density at radius 3 is 2.92 bits per heavy atom. The summed E-state index contributed by atoms with van der Waals surface area (Å²) in [6.45, 7) is 5.74. The van der Waals surface area contributed by atoms with Crippen molar-refractivity contribution >= 4 is 5.91 Å². The summed E-state index contributed by atoms with van der Waals surface area (Å²) in [4.78, 5) is 14.3. The number of aromatic amines is 1. The van der Waals surface area contributed by atoms with Crippen molar-refractivity contribution in [3.05, 3.63) is 35.2 Å². The molecular weight excluding hydrogens is 310 g/mol. The lowest BCUT2D eigenvalue weighted by molar-refractivity contribution is -0.141. The van der Waals surface area contributed by atoms with Gasteiger partial charge in [-0.1, -0.05) is 23.4 Å². The zero-order chi connectivity index (χ0) is 16.9. The SMILES string of the molecule is Cc1cccc(C)c1OCCC(=O)N1CCOC[C@@H]1c1nn[nH]n1. The molecule has 2 heterocycles. The highest BCUT2D eigenvalue weighted by molar-refractivity contribution is 5.76. The monoisotopic (exact) mass is 331 g/mol. The van der Waals surface area contributed by atoms with Gasteiger partial charge < -0.3 is 14.4 Å². The summed E-state index contributed by atoms with van der Waals surface area (Å²) in [6, 6.07) is 5.69. The standard InChI is InChI=1S/C16H21N5O3/c1-11-4-3-5-12(2)15(11)24-8-6-14(22)21-7-9-23-10-13(21)16-17-19-20-18-16/h3-5,13H,6-10H2,1-2H3,(H,17,18,19,20)/t13-/m1/s1. The fourth-order valence-corrected chi connectivity index (χ4v) is 2.84. The summed E-state index contributed by atoms with van der Waals surface area (Å²) in [7, 11) is 0. The van der Waals surface area contributed by atoms with Crippen LogP contribution in [-0.4, -0.2) is 57.8 Å². The smallest absolute Gasteiger partial charge is 0.226 e. The second kappa shape index (κ2) is 7.39. The molecule has 1 amide bonds. The van der Waals surface area contributed by atoms with Crippen LogP contribution in [0.4, 0.5) is 0 Å². The van der Waals surface area contributed by atoms with E-state index in [2.05, 4.69) is 20.6 Å². The number of H-pyrrole nitrogens is 1. The number of carbonyl (C=O) groups excluding carboxylic acids is 1. The van der Waals surface area contributed by atoms with E-state index in [0.29, 0.717) is 38.6 Å². The highest BCUT2D eigenvalue weighted by Crippen LogP contribution is 2.24. The molecule has 1 aliphatic rings. The van der Waals surface area contributed by atoms with E-state index in [4.69, 9.17) is 9.47 Å². The predicted molar refractivity (Wildman–Crippen MR) is 85.5 cm³/mol. The van der Waals surface area contributed by atoms with E-state index in [1.807, 2.05) is 32.0 Å². The Morgan fingerprint density at radius 2 is 2.21 bits per heavy atom. The van der Waals surface area contributed by atoms with Crippen molar-refractivity contribution < 1.29 is 14.3 Å². The van der Waals surface area contributed by atoms with Gasteiger partial charge in [-0.15, -0.1) is 10.2 Å². The molecule has 1 fully saturated rings. The molecule has 0 spiro atoms. The van der Waals surface area contributed by atoms with E-state index >= 15 is 0 Å². The van der Waals surface area contributed by atoms with Crippen molar-refractivity contribution in [2.24, 2.45) is 0 Å². The van der Waals surface area contributed by atoms with Gasteiger partial charge in [0, 0.05) is 6.54 Å². The number of para-hydroxylation sites is 1. The molecule has 1 aromatic heterocycles. The molecule has 3 rings (SSSR count). The largest absolute Gasteiger partial charge is 0.493 e. The molecule has 1 N–H and O–H groups in total. The average Bonchev–Trinajstić information content (AvgIpc) is 3.12. The van der Waals surface area contributed by atoms with Crippen molar-refractivity contribution in [1.82, 2.24) is 25.5 Å². The number of amides is 1. The first-order chi connectivity index (χ1) is 11.7. The summed E-state index contributed by atoms with van der Waals surface area (Å²) in [5.74, 6) is 1.32. The van der Waals surface area contributed by atoms with Crippen LogP contribution >= 0.6 is 0 Å². The molecule has 128 valence electrons. The Morgan fingerprint density at radius 1 is 1.42 bits per heavy atom. The summed E-state index contributed by atoms with van der Waals surface area (Å²) in [6.07, 6.45) is 0.294. The third-order valence-corrected chi connectivity index (χ3v) is 4.08. The summed E-state index contributed by atoms with van der Waals surface area (Å²) >= 11 is 0. The van der Waals surface area contributed by atoms with Crippen LogP contribution in [0.15, 0.2) is 18.2 Å². The average molecular weight is 331 g/mol. The molecule has 0 saturated carbocycles. The molecule has 24 heavy (non-hydrogen) atoms. The molecule has 8 heteroatoms. The lowest BCUT2D eigenvalue weighted by Crippen LogP contribution is -2.44. The summed E-state index contributed by atoms with van der Waals surface area (Å²) < 4.78 is 11.3. The number of rotatable bonds is 5. The van der Waals surface area contributed by atoms with Gasteiger partial charge in [-0.3, -0.25) is 4.79 Å². The molecule has 0 bridgehead atoms. The zero-order valence-corrected chi connectivity index (χ0v) is 13.9. The second-order valence-corrected chi connectivity index (χ2v) is 5.77. The third-order valence-electron chi connectivity index (χ3n) is 4.08. The van der Waals surface area contributed by atoms with E-state index in [1.54, 1.807) is 4.90 Å². The maximum absolute atomic E-state index is 12.6. The molecule has 1 aliphatic heterocycles. The Kier molecular flexibility index (Phi) is 5.05. The number of aryl methyl sites for hydroxylation is 2. The minimum atomic E-state index is -0.301. The van der Waals surface area contributed by atoms with Gasteiger partial charge in [0.15, 0.2) is 5.82 Å². The molecular formula is C16H21N5O3. The number of hydrogen-bond donors (Lipinski definition) is 1. The van der Waals surface area contributed by atoms with Gasteiger partial charge >= 0.3 is 0 Å². The topological polar surface area (TPSA) is 93.2 Å². The van der Waals surface area contributed by atoms with Crippen LogP contribution in [0.2, 0.25) is 0 Å². The molecule has 8 nitrogen and oxygen atoms in total. The number of carbonyl (C=O) groups is 1. The number of tetrazole rings is 1. The van der Waals surface area contributed by atoms with Crippen LogP contribution in [0, 0.1) is 13.8 Å². The molecule has 1 aromatic carbocycles. The van der Waals surface area contributed by atoms with Crippen LogP contribution in [-0.2, 0) is 9.53 Å². The number of ether oxygens (including phenoxy) is 2. The quantitative estimate of drug-likeness (QED) is 0.884. The van der Waals surface area contributed by atoms with Crippen LogP contribution in [0.25, 0.3) is 0 Å². The van der Waals surface area contributed by atoms with Gasteiger partial charge in [-0.2, -0.15) is 5.21 Å². The lowest BCUT2D eigenvalue weighted by Gasteiger charge is -2.33. The first kappa shape index (κ1) is 16.4. The van der Waals surface area contributed by atoms with Gasteiger partial charge in [0.2, 0.25) is 5.91 Å². The number of aromatic nitrogens is 4. The second-order valence-electron chi connectivity index (χ2n) is 5.77. The Labute approximate surface area is 140 Å². The van der Waals surface area contributed by atoms with Gasteiger partial charge in [0.1, 0.15) is 11.8 Å². The summed E-state index contributed by atoms with van der Waals surface area (Å²) in [5, 5.41) is 13.9. The maximum Gasteiger partial charge on any atom is 0.226 e. The van der Waals surface area contributed by atoms with E-state index in [0.717, 1.165) is 16.9 Å². The molecule has 2 aromatic rings. The molecule has 0 aliphatic carbocycles. The fraction of sp³-hybridized carbons (Fsp3) is 0.500.